The number of rotatable bonds is 3. The van der Waals surface area contributed by atoms with E-state index >= 15 is 0 Å². The maximum atomic E-state index is 12.0. The van der Waals surface area contributed by atoms with Crippen LogP contribution in [0.5, 0.6) is 0 Å². The summed E-state index contributed by atoms with van der Waals surface area (Å²) in [4.78, 5) is 22.0. The molecule has 1 aromatic carbocycles. The third kappa shape index (κ3) is 2.23. The molecule has 0 aliphatic carbocycles. The van der Waals surface area contributed by atoms with Gasteiger partial charge in [-0.25, -0.2) is 4.79 Å². The Bertz CT molecular complexity index is 744. The highest BCUT2D eigenvalue weighted by atomic mass is 35.5. The van der Waals surface area contributed by atoms with Crippen molar-refractivity contribution in [2.45, 2.75) is 19.4 Å². The van der Waals surface area contributed by atoms with Crippen molar-refractivity contribution < 1.29 is 4.79 Å². The van der Waals surface area contributed by atoms with E-state index in [9.17, 15) is 4.79 Å². The van der Waals surface area contributed by atoms with Gasteiger partial charge in [0.25, 0.3) is 0 Å². The van der Waals surface area contributed by atoms with Crippen molar-refractivity contribution in [3.05, 3.63) is 41.0 Å². The summed E-state index contributed by atoms with van der Waals surface area (Å²) in [6.07, 6.45) is 2.54. The Morgan fingerprint density at radius 2 is 2.19 bits per heavy atom. The smallest absolute Gasteiger partial charge is 0.346 e. The molecule has 5 nitrogen and oxygen atoms in total. The minimum Gasteiger partial charge on any atom is -0.385 e. The van der Waals surface area contributed by atoms with Crippen molar-refractivity contribution in [3.63, 3.8) is 0 Å². The molecule has 2 aromatic rings. The molecule has 1 aliphatic rings. The number of halogens is 1. The second-order valence-electron chi connectivity index (χ2n) is 4.95. The topological polar surface area (TPSA) is 71.6 Å². The predicted octanol–water partition coefficient (Wildman–Crippen LogP) is 3.13. The van der Waals surface area contributed by atoms with E-state index in [0.29, 0.717) is 17.4 Å². The number of hydrogen-bond donors (Lipinski definition) is 1. The average molecular weight is 303 g/mol. The lowest BCUT2D eigenvalue weighted by Gasteiger charge is -2.24. The highest BCUT2D eigenvalue weighted by Gasteiger charge is 2.35. The maximum absolute atomic E-state index is 12.0. The van der Waals surface area contributed by atoms with Gasteiger partial charge in [0, 0.05) is 28.7 Å². The highest BCUT2D eigenvalue weighted by molar-refractivity contribution is 6.35. The molecule has 108 valence electrons. The predicted molar refractivity (Wildman–Crippen MR) is 83.5 cm³/mol. The standard InChI is InChI=1S/C15H15ClN4O/c1-2-8-20-13(14(17)19-15(20)21)10-5-6-11(16)9-4-3-7-18-12(9)10/h3-7,13H,2,8H2,1H3,(H2,17,19,21). The molecular formula is C15H15ClN4O. The molecule has 6 heteroatoms. The molecule has 3 rings (SSSR count). The van der Waals surface area contributed by atoms with Crippen LogP contribution in [0, 0.1) is 0 Å². The fraction of sp³-hybridized carbons (Fsp3) is 0.267. The van der Waals surface area contributed by atoms with Crippen LogP contribution in [0.4, 0.5) is 4.79 Å². The number of carbonyl (C=O) groups is 1. The SMILES string of the molecule is CCCN1C(=O)N=C(N)C1c1ccc(Cl)c2cccnc12. The lowest BCUT2D eigenvalue weighted by molar-refractivity contribution is 0.207. The number of amidine groups is 1. The van der Waals surface area contributed by atoms with Gasteiger partial charge >= 0.3 is 6.03 Å². The van der Waals surface area contributed by atoms with Crippen LogP contribution in [0.1, 0.15) is 24.9 Å². The number of urea groups is 1. The summed E-state index contributed by atoms with van der Waals surface area (Å²) in [5, 5.41) is 1.48. The molecular weight excluding hydrogens is 288 g/mol. The molecule has 0 bridgehead atoms. The second-order valence-corrected chi connectivity index (χ2v) is 5.36. The summed E-state index contributed by atoms with van der Waals surface area (Å²) in [7, 11) is 0. The van der Waals surface area contributed by atoms with Crippen molar-refractivity contribution in [3.8, 4) is 0 Å². The Balaban J connectivity index is 2.18. The van der Waals surface area contributed by atoms with Gasteiger partial charge in [0.2, 0.25) is 0 Å². The molecule has 2 amide bonds. The van der Waals surface area contributed by atoms with Gasteiger partial charge in [0.15, 0.2) is 0 Å². The van der Waals surface area contributed by atoms with Gasteiger partial charge in [-0.1, -0.05) is 24.6 Å². The Hall–Kier alpha value is -2.14. The number of amides is 2. The van der Waals surface area contributed by atoms with Crippen LogP contribution >= 0.6 is 11.6 Å². The van der Waals surface area contributed by atoms with Gasteiger partial charge in [-0.3, -0.25) is 4.98 Å². The van der Waals surface area contributed by atoms with Crippen molar-refractivity contribution in [2.24, 2.45) is 10.7 Å². The van der Waals surface area contributed by atoms with Crippen LogP contribution < -0.4 is 5.73 Å². The van der Waals surface area contributed by atoms with Gasteiger partial charge in [0.1, 0.15) is 11.9 Å². The van der Waals surface area contributed by atoms with E-state index in [4.69, 9.17) is 17.3 Å². The molecule has 2 heterocycles. The van der Waals surface area contributed by atoms with Gasteiger partial charge in [-0.15, -0.1) is 0 Å². The third-order valence-corrected chi connectivity index (χ3v) is 3.90. The third-order valence-electron chi connectivity index (χ3n) is 3.57. The van der Waals surface area contributed by atoms with E-state index in [2.05, 4.69) is 9.98 Å². The molecule has 1 atom stereocenters. The second kappa shape index (κ2) is 5.33. The molecule has 21 heavy (non-hydrogen) atoms. The van der Waals surface area contributed by atoms with E-state index in [1.165, 1.54) is 0 Å². The number of aliphatic imine (C=N–C) groups is 1. The number of nitrogens with two attached hydrogens (primary N) is 1. The van der Waals surface area contributed by atoms with Gasteiger partial charge in [-0.2, -0.15) is 4.99 Å². The number of fused-ring (bicyclic) bond motifs is 1. The van der Waals surface area contributed by atoms with E-state index in [1.807, 2.05) is 25.1 Å². The maximum Gasteiger partial charge on any atom is 0.346 e. The van der Waals surface area contributed by atoms with Gasteiger partial charge in [0.05, 0.1) is 5.52 Å². The molecule has 0 spiro atoms. The summed E-state index contributed by atoms with van der Waals surface area (Å²) in [6, 6.07) is 6.75. The molecule has 1 unspecified atom stereocenters. The van der Waals surface area contributed by atoms with Crippen molar-refractivity contribution in [1.29, 1.82) is 0 Å². The first-order valence-electron chi connectivity index (χ1n) is 6.81. The highest BCUT2D eigenvalue weighted by Crippen LogP contribution is 2.34. The van der Waals surface area contributed by atoms with Crippen molar-refractivity contribution in [1.82, 2.24) is 9.88 Å². The number of hydrogen-bond acceptors (Lipinski definition) is 3. The lowest BCUT2D eigenvalue weighted by atomic mass is 10.0. The summed E-state index contributed by atoms with van der Waals surface area (Å²) >= 11 is 6.22. The molecule has 0 saturated carbocycles. The molecule has 0 fully saturated rings. The number of benzene rings is 1. The largest absolute Gasteiger partial charge is 0.385 e. The summed E-state index contributed by atoms with van der Waals surface area (Å²) in [5.74, 6) is 0.308. The zero-order chi connectivity index (χ0) is 15.0. The Morgan fingerprint density at radius 3 is 2.95 bits per heavy atom. The van der Waals surface area contributed by atoms with E-state index in [-0.39, 0.29) is 12.1 Å². The summed E-state index contributed by atoms with van der Waals surface area (Å²) in [5.41, 5.74) is 7.59. The number of pyridine rings is 1. The van der Waals surface area contributed by atoms with Gasteiger partial charge in [-0.05, 0) is 24.6 Å². The normalized spacial score (nSPS) is 18.4. The summed E-state index contributed by atoms with van der Waals surface area (Å²) < 4.78 is 0. The van der Waals surface area contributed by atoms with Crippen LogP contribution in [-0.2, 0) is 0 Å². The van der Waals surface area contributed by atoms with E-state index < -0.39 is 0 Å². The first-order chi connectivity index (χ1) is 10.1. The molecule has 1 aromatic heterocycles. The van der Waals surface area contributed by atoms with Crippen LogP contribution in [0.2, 0.25) is 5.02 Å². The van der Waals surface area contributed by atoms with Crippen LogP contribution in [-0.4, -0.2) is 28.3 Å². The van der Waals surface area contributed by atoms with E-state index in [1.54, 1.807) is 17.2 Å². The lowest BCUT2D eigenvalue weighted by Crippen LogP contribution is -2.34. The van der Waals surface area contributed by atoms with Crippen LogP contribution in [0.15, 0.2) is 35.5 Å². The monoisotopic (exact) mass is 302 g/mol. The van der Waals surface area contributed by atoms with Gasteiger partial charge < -0.3 is 10.6 Å². The van der Waals surface area contributed by atoms with E-state index in [0.717, 1.165) is 22.9 Å². The fourth-order valence-electron chi connectivity index (χ4n) is 2.68. The molecule has 2 N–H and O–H groups in total. The van der Waals surface area contributed by atoms with Crippen molar-refractivity contribution >= 4 is 34.4 Å². The zero-order valence-electron chi connectivity index (χ0n) is 11.6. The first kappa shape index (κ1) is 13.8. The fourth-order valence-corrected chi connectivity index (χ4v) is 2.89. The Morgan fingerprint density at radius 1 is 1.38 bits per heavy atom. The van der Waals surface area contributed by atoms with Crippen molar-refractivity contribution in [2.75, 3.05) is 6.54 Å². The first-order valence-corrected chi connectivity index (χ1v) is 7.19. The van der Waals surface area contributed by atoms with Crippen LogP contribution in [0.25, 0.3) is 10.9 Å². The molecule has 0 saturated heterocycles. The molecule has 1 aliphatic heterocycles. The number of carbonyl (C=O) groups excluding carboxylic acids is 1. The zero-order valence-corrected chi connectivity index (χ0v) is 12.3. The summed E-state index contributed by atoms with van der Waals surface area (Å²) in [6.45, 7) is 2.61. The molecule has 0 radical (unpaired) electrons. The minimum absolute atomic E-state index is 0.293. The van der Waals surface area contributed by atoms with Crippen LogP contribution in [0.3, 0.4) is 0 Å². The number of aromatic nitrogens is 1. The Labute approximate surface area is 127 Å². The minimum atomic E-state index is -0.368. The quantitative estimate of drug-likeness (QED) is 0.946. The Kier molecular flexibility index (Phi) is 3.51. The average Bonchev–Trinajstić information content (AvgIpc) is 2.75. The number of nitrogens with zero attached hydrogens (tertiary/aromatic N) is 3.